The molecule has 1 fully saturated rings. The lowest BCUT2D eigenvalue weighted by molar-refractivity contribution is -0.119. The predicted molar refractivity (Wildman–Crippen MR) is 68.0 cm³/mol. The maximum Gasteiger partial charge on any atom is 0.241 e. The first kappa shape index (κ1) is 14.0. The van der Waals surface area contributed by atoms with Crippen LogP contribution in [0, 0.1) is 5.92 Å². The summed E-state index contributed by atoms with van der Waals surface area (Å²) >= 11 is 0. The number of amidine groups is 1. The summed E-state index contributed by atoms with van der Waals surface area (Å²) in [4.78, 5) is 15.5. The quantitative estimate of drug-likeness (QED) is 0.408. The Bertz CT molecular complexity index is 260. The molecule has 0 saturated heterocycles. The van der Waals surface area contributed by atoms with Gasteiger partial charge in [-0.2, -0.15) is 0 Å². The molecular weight excluding hydrogens is 218 g/mol. The van der Waals surface area contributed by atoms with Crippen molar-refractivity contribution in [2.75, 3.05) is 26.8 Å². The second-order valence-electron chi connectivity index (χ2n) is 4.42. The number of nitrogens with one attached hydrogen (secondary N) is 1. The van der Waals surface area contributed by atoms with E-state index in [2.05, 4.69) is 10.3 Å². The third-order valence-corrected chi connectivity index (χ3v) is 3.06. The van der Waals surface area contributed by atoms with Gasteiger partial charge in [0.2, 0.25) is 5.91 Å². The molecule has 1 rings (SSSR count). The number of hydrogen-bond donors (Lipinski definition) is 2. The van der Waals surface area contributed by atoms with Crippen LogP contribution in [0.15, 0.2) is 4.99 Å². The van der Waals surface area contributed by atoms with Crippen LogP contribution in [0.25, 0.3) is 0 Å². The first-order chi connectivity index (χ1) is 8.24. The van der Waals surface area contributed by atoms with Crippen LogP contribution in [0.5, 0.6) is 0 Å². The number of methoxy groups -OCH3 is 1. The van der Waals surface area contributed by atoms with Crippen molar-refractivity contribution < 1.29 is 9.53 Å². The van der Waals surface area contributed by atoms with Gasteiger partial charge in [-0.25, -0.2) is 0 Å². The van der Waals surface area contributed by atoms with Gasteiger partial charge in [0.1, 0.15) is 6.54 Å². The predicted octanol–water partition coefficient (Wildman–Crippen LogP) is 0.687. The summed E-state index contributed by atoms with van der Waals surface area (Å²) in [5.74, 6) is 0.933. The third kappa shape index (κ3) is 5.68. The maximum absolute atomic E-state index is 11.4. The highest BCUT2D eigenvalue weighted by Crippen LogP contribution is 2.23. The lowest BCUT2D eigenvalue weighted by Crippen LogP contribution is -2.31. The Kier molecular flexibility index (Phi) is 6.62. The molecule has 0 bridgehead atoms. The summed E-state index contributed by atoms with van der Waals surface area (Å²) < 4.78 is 4.84. The van der Waals surface area contributed by atoms with E-state index in [4.69, 9.17) is 10.5 Å². The average Bonchev–Trinajstić information content (AvgIpc) is 2.37. The van der Waals surface area contributed by atoms with Crippen LogP contribution in [0.2, 0.25) is 0 Å². The van der Waals surface area contributed by atoms with E-state index in [1.807, 2.05) is 0 Å². The van der Waals surface area contributed by atoms with Crippen molar-refractivity contribution in [1.82, 2.24) is 5.32 Å². The Morgan fingerprint density at radius 1 is 1.41 bits per heavy atom. The Morgan fingerprint density at radius 3 is 2.76 bits per heavy atom. The zero-order valence-corrected chi connectivity index (χ0v) is 10.6. The molecule has 98 valence electrons. The molecule has 3 N–H and O–H groups in total. The largest absolute Gasteiger partial charge is 0.387 e. The molecule has 17 heavy (non-hydrogen) atoms. The van der Waals surface area contributed by atoms with E-state index < -0.39 is 0 Å². The van der Waals surface area contributed by atoms with Gasteiger partial charge in [0, 0.05) is 19.6 Å². The van der Waals surface area contributed by atoms with Crippen LogP contribution in [-0.2, 0) is 9.53 Å². The van der Waals surface area contributed by atoms with E-state index in [0.717, 1.165) is 12.8 Å². The fraction of sp³-hybridized carbons (Fsp3) is 0.833. The summed E-state index contributed by atoms with van der Waals surface area (Å²) in [6.07, 6.45) is 5.96. The molecule has 5 heteroatoms. The standard InChI is InChI=1S/C12H23N3O2/c1-17-8-7-14-11(16)9-15-12(13)10-5-3-2-4-6-10/h10H,2-9H2,1H3,(H2,13,15)(H,14,16). The van der Waals surface area contributed by atoms with Crippen molar-refractivity contribution in [1.29, 1.82) is 0 Å². The highest BCUT2D eigenvalue weighted by atomic mass is 16.5. The number of nitrogens with zero attached hydrogens (tertiary/aromatic N) is 1. The smallest absolute Gasteiger partial charge is 0.241 e. The van der Waals surface area contributed by atoms with E-state index in [9.17, 15) is 4.79 Å². The van der Waals surface area contributed by atoms with Gasteiger partial charge in [0.05, 0.1) is 12.4 Å². The Labute approximate surface area is 103 Å². The molecule has 0 aromatic rings. The van der Waals surface area contributed by atoms with Gasteiger partial charge in [0.15, 0.2) is 0 Å². The zero-order chi connectivity index (χ0) is 12.5. The van der Waals surface area contributed by atoms with Crippen LogP contribution in [0.1, 0.15) is 32.1 Å². The monoisotopic (exact) mass is 241 g/mol. The van der Waals surface area contributed by atoms with E-state index in [1.165, 1.54) is 19.3 Å². The van der Waals surface area contributed by atoms with Gasteiger partial charge < -0.3 is 15.8 Å². The molecule has 0 aliphatic heterocycles. The van der Waals surface area contributed by atoms with Crippen molar-refractivity contribution in [3.8, 4) is 0 Å². The van der Waals surface area contributed by atoms with Crippen LogP contribution in [-0.4, -0.2) is 38.5 Å². The molecule has 1 aliphatic rings. The number of carbonyl (C=O) groups is 1. The molecular formula is C12H23N3O2. The van der Waals surface area contributed by atoms with Crippen LogP contribution >= 0.6 is 0 Å². The van der Waals surface area contributed by atoms with E-state index >= 15 is 0 Å². The van der Waals surface area contributed by atoms with Crippen molar-refractivity contribution in [3.05, 3.63) is 0 Å². The Hall–Kier alpha value is -1.10. The van der Waals surface area contributed by atoms with E-state index in [-0.39, 0.29) is 12.5 Å². The van der Waals surface area contributed by atoms with Crippen molar-refractivity contribution in [2.24, 2.45) is 16.6 Å². The van der Waals surface area contributed by atoms with E-state index in [1.54, 1.807) is 7.11 Å². The molecule has 0 unspecified atom stereocenters. The lowest BCUT2D eigenvalue weighted by atomic mass is 9.88. The van der Waals surface area contributed by atoms with Crippen molar-refractivity contribution in [2.45, 2.75) is 32.1 Å². The van der Waals surface area contributed by atoms with Gasteiger partial charge in [0.25, 0.3) is 0 Å². The summed E-state index contributed by atoms with van der Waals surface area (Å²) in [5, 5.41) is 2.72. The molecule has 5 nitrogen and oxygen atoms in total. The Morgan fingerprint density at radius 2 is 2.12 bits per heavy atom. The summed E-state index contributed by atoms with van der Waals surface area (Å²) in [5.41, 5.74) is 5.90. The minimum absolute atomic E-state index is 0.0965. The summed E-state index contributed by atoms with van der Waals surface area (Å²) in [6.45, 7) is 1.17. The second-order valence-corrected chi connectivity index (χ2v) is 4.42. The van der Waals surface area contributed by atoms with Crippen LogP contribution < -0.4 is 11.1 Å². The molecule has 1 amide bonds. The molecule has 0 atom stereocenters. The zero-order valence-electron chi connectivity index (χ0n) is 10.6. The van der Waals surface area contributed by atoms with Crippen molar-refractivity contribution in [3.63, 3.8) is 0 Å². The maximum atomic E-state index is 11.4. The number of aliphatic imine (C=N–C) groups is 1. The molecule has 0 heterocycles. The number of hydrogen-bond acceptors (Lipinski definition) is 3. The average molecular weight is 241 g/mol. The first-order valence-corrected chi connectivity index (χ1v) is 6.29. The van der Waals surface area contributed by atoms with Gasteiger partial charge in [-0.05, 0) is 12.8 Å². The number of nitrogens with two attached hydrogens (primary N) is 1. The van der Waals surface area contributed by atoms with Gasteiger partial charge in [-0.1, -0.05) is 19.3 Å². The SMILES string of the molecule is COCCNC(=O)CN=C(N)C1CCCCC1. The Balaban J connectivity index is 2.23. The van der Waals surface area contributed by atoms with Crippen LogP contribution in [0.4, 0.5) is 0 Å². The fourth-order valence-corrected chi connectivity index (χ4v) is 2.04. The first-order valence-electron chi connectivity index (χ1n) is 6.29. The highest BCUT2D eigenvalue weighted by molar-refractivity contribution is 5.86. The second kappa shape index (κ2) is 8.06. The molecule has 0 spiro atoms. The molecule has 1 saturated carbocycles. The molecule has 0 aromatic heterocycles. The lowest BCUT2D eigenvalue weighted by Gasteiger charge is -2.20. The number of ether oxygens (including phenoxy) is 1. The number of amides is 1. The molecule has 1 aliphatic carbocycles. The minimum atomic E-state index is -0.0965. The number of carbonyl (C=O) groups excluding carboxylic acids is 1. The summed E-state index contributed by atoms with van der Waals surface area (Å²) in [7, 11) is 1.60. The number of rotatable bonds is 6. The van der Waals surface area contributed by atoms with E-state index in [0.29, 0.717) is 24.9 Å². The van der Waals surface area contributed by atoms with Crippen LogP contribution in [0.3, 0.4) is 0 Å². The van der Waals surface area contributed by atoms with Gasteiger partial charge >= 0.3 is 0 Å². The highest BCUT2D eigenvalue weighted by Gasteiger charge is 2.16. The fourth-order valence-electron chi connectivity index (χ4n) is 2.04. The van der Waals surface area contributed by atoms with Gasteiger partial charge in [-0.15, -0.1) is 0 Å². The topological polar surface area (TPSA) is 76.7 Å². The normalized spacial score (nSPS) is 18.1. The molecule has 0 aromatic carbocycles. The minimum Gasteiger partial charge on any atom is -0.387 e. The van der Waals surface area contributed by atoms with Gasteiger partial charge in [-0.3, -0.25) is 9.79 Å². The third-order valence-electron chi connectivity index (χ3n) is 3.06. The summed E-state index contributed by atoms with van der Waals surface area (Å²) in [6, 6.07) is 0. The molecule has 0 radical (unpaired) electrons. The van der Waals surface area contributed by atoms with Crippen molar-refractivity contribution >= 4 is 11.7 Å².